The van der Waals surface area contributed by atoms with E-state index in [1.165, 1.54) is 0 Å². The summed E-state index contributed by atoms with van der Waals surface area (Å²) in [6, 6.07) is -0.108. The van der Waals surface area contributed by atoms with E-state index in [9.17, 15) is 13.2 Å². The van der Waals surface area contributed by atoms with E-state index in [4.69, 9.17) is 9.47 Å². The van der Waals surface area contributed by atoms with Gasteiger partial charge in [0.2, 0.25) is 10.0 Å². The molecule has 0 radical (unpaired) electrons. The molecule has 29 heavy (non-hydrogen) atoms. The molecule has 9 heteroatoms. The largest absolute Gasteiger partial charge is 0.444 e. The molecule has 3 fully saturated rings. The standard InChI is InChI=1S/C20H37N3O5S/c1-5-29(25,26)21-17-12-20(27-15-17)7-10-22(11-8-20)13-16-6-9-23(14-16)18(24)28-19(2,3)4/h16-17,21H,5-15H2,1-4H3/t16-,17?/m0/s1. The van der Waals surface area contributed by atoms with Crippen molar-refractivity contribution < 1.29 is 22.7 Å². The molecule has 1 unspecified atom stereocenters. The Kier molecular flexibility index (Phi) is 6.82. The van der Waals surface area contributed by atoms with Crippen molar-refractivity contribution in [2.45, 2.75) is 70.6 Å². The van der Waals surface area contributed by atoms with E-state index in [1.807, 2.05) is 25.7 Å². The summed E-state index contributed by atoms with van der Waals surface area (Å²) < 4.78 is 37.9. The first-order valence-corrected chi connectivity index (χ1v) is 12.5. The minimum Gasteiger partial charge on any atom is -0.444 e. The lowest BCUT2D eigenvalue weighted by Crippen LogP contribution is -2.46. The van der Waals surface area contributed by atoms with Crippen molar-refractivity contribution in [2.75, 3.05) is 45.1 Å². The lowest BCUT2D eigenvalue weighted by molar-refractivity contribution is -0.0454. The summed E-state index contributed by atoms with van der Waals surface area (Å²) >= 11 is 0. The fourth-order valence-electron chi connectivity index (χ4n) is 4.59. The summed E-state index contributed by atoms with van der Waals surface area (Å²) in [5.41, 5.74) is -0.642. The second-order valence-corrected chi connectivity index (χ2v) is 11.8. The molecule has 2 atom stereocenters. The van der Waals surface area contributed by atoms with Gasteiger partial charge in [0.1, 0.15) is 5.60 Å². The van der Waals surface area contributed by atoms with Gasteiger partial charge in [0.25, 0.3) is 0 Å². The lowest BCUT2D eigenvalue weighted by atomic mass is 9.87. The minimum atomic E-state index is -3.19. The lowest BCUT2D eigenvalue weighted by Gasteiger charge is -2.39. The topological polar surface area (TPSA) is 88.2 Å². The van der Waals surface area contributed by atoms with Gasteiger partial charge in [-0.1, -0.05) is 0 Å². The Bertz CT molecular complexity index is 683. The van der Waals surface area contributed by atoms with Crippen LogP contribution in [-0.4, -0.2) is 86.6 Å². The minimum absolute atomic E-state index is 0.103. The summed E-state index contributed by atoms with van der Waals surface area (Å²) in [6.07, 6.45) is 3.42. The average Bonchev–Trinajstić information content (AvgIpc) is 3.23. The van der Waals surface area contributed by atoms with Crippen LogP contribution in [0.3, 0.4) is 0 Å². The van der Waals surface area contributed by atoms with Gasteiger partial charge in [0, 0.05) is 38.8 Å². The maximum absolute atomic E-state index is 12.2. The van der Waals surface area contributed by atoms with Gasteiger partial charge in [-0.25, -0.2) is 17.9 Å². The molecule has 1 amide bonds. The Hall–Kier alpha value is -0.900. The number of nitrogens with one attached hydrogen (secondary N) is 1. The van der Waals surface area contributed by atoms with Crippen molar-refractivity contribution in [1.29, 1.82) is 0 Å². The first-order valence-electron chi connectivity index (χ1n) is 10.8. The van der Waals surface area contributed by atoms with Crippen LogP contribution in [0.5, 0.6) is 0 Å². The molecule has 3 saturated heterocycles. The molecule has 3 heterocycles. The maximum atomic E-state index is 12.2. The van der Waals surface area contributed by atoms with Crippen LogP contribution in [0.2, 0.25) is 0 Å². The second-order valence-electron chi connectivity index (χ2n) is 9.80. The quantitative estimate of drug-likeness (QED) is 0.714. The second kappa shape index (κ2) is 8.69. The van der Waals surface area contributed by atoms with Crippen molar-refractivity contribution in [3.8, 4) is 0 Å². The number of carbonyl (C=O) groups excluding carboxylic acids is 1. The van der Waals surface area contributed by atoms with Crippen LogP contribution in [0.25, 0.3) is 0 Å². The Balaban J connectivity index is 1.41. The Morgan fingerprint density at radius 3 is 2.55 bits per heavy atom. The predicted octanol–water partition coefficient (Wildman–Crippen LogP) is 1.81. The molecule has 8 nitrogen and oxygen atoms in total. The van der Waals surface area contributed by atoms with Gasteiger partial charge in [0.15, 0.2) is 0 Å². The predicted molar refractivity (Wildman–Crippen MR) is 111 cm³/mol. The summed E-state index contributed by atoms with van der Waals surface area (Å²) in [5.74, 6) is 0.580. The zero-order valence-corrected chi connectivity index (χ0v) is 19.1. The van der Waals surface area contributed by atoms with Gasteiger partial charge >= 0.3 is 6.09 Å². The number of amides is 1. The Labute approximate surface area is 175 Å². The van der Waals surface area contributed by atoms with E-state index in [0.717, 1.165) is 58.4 Å². The van der Waals surface area contributed by atoms with Crippen LogP contribution >= 0.6 is 0 Å². The number of hydrogen-bond acceptors (Lipinski definition) is 6. The van der Waals surface area contributed by atoms with Crippen LogP contribution in [-0.2, 0) is 19.5 Å². The molecule has 1 N–H and O–H groups in total. The third kappa shape index (κ3) is 6.29. The van der Waals surface area contributed by atoms with Crippen molar-refractivity contribution in [2.24, 2.45) is 5.92 Å². The number of piperidine rings is 1. The molecule has 0 aliphatic carbocycles. The SMILES string of the molecule is CCS(=O)(=O)NC1COC2(CCN(C[C@@H]3CCN(C(=O)OC(C)(C)C)C3)CC2)C1. The number of carbonyl (C=O) groups is 1. The third-order valence-electron chi connectivity index (χ3n) is 6.16. The zero-order chi connectivity index (χ0) is 21.3. The number of hydrogen-bond donors (Lipinski definition) is 1. The number of rotatable bonds is 5. The molecule has 0 saturated carbocycles. The maximum Gasteiger partial charge on any atom is 0.410 e. The number of sulfonamides is 1. The first kappa shape index (κ1) is 22.8. The van der Waals surface area contributed by atoms with Gasteiger partial charge < -0.3 is 19.3 Å². The highest BCUT2D eigenvalue weighted by atomic mass is 32.2. The average molecular weight is 432 g/mol. The van der Waals surface area contributed by atoms with E-state index in [1.54, 1.807) is 6.92 Å². The molecule has 168 valence electrons. The zero-order valence-electron chi connectivity index (χ0n) is 18.3. The fourth-order valence-corrected chi connectivity index (χ4v) is 5.41. The van der Waals surface area contributed by atoms with Crippen LogP contribution in [0.15, 0.2) is 0 Å². The number of nitrogens with zero attached hydrogens (tertiary/aromatic N) is 2. The van der Waals surface area contributed by atoms with Gasteiger partial charge in [-0.2, -0.15) is 0 Å². The van der Waals surface area contributed by atoms with Crippen molar-refractivity contribution in [3.63, 3.8) is 0 Å². The normalized spacial score (nSPS) is 28.2. The Morgan fingerprint density at radius 2 is 1.93 bits per heavy atom. The summed E-state index contributed by atoms with van der Waals surface area (Å²) in [5, 5.41) is 0. The number of ether oxygens (including phenoxy) is 2. The van der Waals surface area contributed by atoms with Crippen molar-refractivity contribution in [3.05, 3.63) is 0 Å². The van der Waals surface area contributed by atoms with Crippen molar-refractivity contribution in [1.82, 2.24) is 14.5 Å². The molecule has 0 aromatic rings. The Morgan fingerprint density at radius 1 is 1.24 bits per heavy atom. The van der Waals surface area contributed by atoms with Crippen LogP contribution in [0, 0.1) is 5.92 Å². The molecule has 0 bridgehead atoms. The monoisotopic (exact) mass is 431 g/mol. The molecule has 0 aromatic carbocycles. The van der Waals surface area contributed by atoms with Gasteiger partial charge in [-0.3, -0.25) is 0 Å². The molecular weight excluding hydrogens is 394 g/mol. The molecule has 3 rings (SSSR count). The fraction of sp³-hybridized carbons (Fsp3) is 0.950. The van der Waals surface area contributed by atoms with Crippen LogP contribution in [0.4, 0.5) is 4.79 Å². The molecule has 3 aliphatic rings. The smallest absolute Gasteiger partial charge is 0.410 e. The van der Waals surface area contributed by atoms with Gasteiger partial charge in [-0.15, -0.1) is 0 Å². The third-order valence-corrected chi connectivity index (χ3v) is 7.61. The van der Waals surface area contributed by atoms with Crippen LogP contribution in [0.1, 0.15) is 53.4 Å². The van der Waals surface area contributed by atoms with Gasteiger partial charge in [-0.05, 0) is 59.3 Å². The highest BCUT2D eigenvalue weighted by Gasteiger charge is 2.44. The summed E-state index contributed by atoms with van der Waals surface area (Å²) in [4.78, 5) is 16.5. The highest BCUT2D eigenvalue weighted by molar-refractivity contribution is 7.89. The van der Waals surface area contributed by atoms with E-state index in [2.05, 4.69) is 9.62 Å². The molecular formula is C20H37N3O5S. The highest BCUT2D eigenvalue weighted by Crippen LogP contribution is 2.36. The van der Waals surface area contributed by atoms with E-state index in [0.29, 0.717) is 12.5 Å². The molecule has 3 aliphatic heterocycles. The first-order chi connectivity index (χ1) is 13.5. The molecule has 0 aromatic heterocycles. The number of likely N-dealkylation sites (tertiary alicyclic amines) is 2. The summed E-state index contributed by atoms with van der Waals surface area (Å²) in [7, 11) is -3.19. The van der Waals surface area contributed by atoms with E-state index >= 15 is 0 Å². The van der Waals surface area contributed by atoms with Gasteiger partial charge in [0.05, 0.1) is 18.0 Å². The summed E-state index contributed by atoms with van der Waals surface area (Å²) in [6.45, 7) is 12.2. The van der Waals surface area contributed by atoms with Crippen molar-refractivity contribution >= 4 is 16.1 Å². The van der Waals surface area contributed by atoms with E-state index in [-0.39, 0.29) is 23.5 Å². The molecule has 1 spiro atoms. The van der Waals surface area contributed by atoms with E-state index < -0.39 is 15.6 Å². The van der Waals surface area contributed by atoms with Crippen LogP contribution < -0.4 is 4.72 Å².